The molecule has 0 saturated heterocycles. The summed E-state index contributed by atoms with van der Waals surface area (Å²) in [5.74, 6) is 0.620. The maximum Gasteiger partial charge on any atom is 0.220 e. The zero-order valence-corrected chi connectivity index (χ0v) is 15.3. The predicted octanol–water partition coefficient (Wildman–Crippen LogP) is 2.58. The Balaban J connectivity index is 1.54. The van der Waals surface area contributed by atoms with Gasteiger partial charge >= 0.3 is 0 Å². The van der Waals surface area contributed by atoms with Crippen molar-refractivity contribution in [2.45, 2.75) is 53.1 Å². The normalized spacial score (nSPS) is 23.0. The van der Waals surface area contributed by atoms with Crippen molar-refractivity contribution in [1.29, 1.82) is 0 Å². The number of aromatic nitrogens is 3. The van der Waals surface area contributed by atoms with Gasteiger partial charge in [-0.05, 0) is 43.7 Å². The molecule has 1 saturated carbocycles. The van der Waals surface area contributed by atoms with Crippen LogP contribution in [0, 0.1) is 17.3 Å². The number of benzene rings is 1. The molecule has 1 heterocycles. The molecule has 6 nitrogen and oxygen atoms in total. The maximum absolute atomic E-state index is 12.4. The van der Waals surface area contributed by atoms with E-state index in [4.69, 9.17) is 0 Å². The van der Waals surface area contributed by atoms with E-state index in [1.54, 1.807) is 6.92 Å². The van der Waals surface area contributed by atoms with E-state index >= 15 is 0 Å². The van der Waals surface area contributed by atoms with Crippen LogP contribution in [0.4, 0.5) is 0 Å². The number of hydrogen-bond acceptors (Lipinski definition) is 4. The fraction of sp³-hybridized carbons (Fsp3) is 0.579. The van der Waals surface area contributed by atoms with Crippen molar-refractivity contribution < 1.29 is 9.59 Å². The molecular weight excluding hydrogens is 316 g/mol. The summed E-state index contributed by atoms with van der Waals surface area (Å²) in [4.78, 5) is 24.0. The molecule has 1 N–H and O–H groups in total. The lowest BCUT2D eigenvalue weighted by atomic mass is 9.52. The van der Waals surface area contributed by atoms with Gasteiger partial charge < -0.3 is 5.32 Å². The van der Waals surface area contributed by atoms with Crippen molar-refractivity contribution >= 4 is 22.7 Å². The van der Waals surface area contributed by atoms with Gasteiger partial charge in [0.15, 0.2) is 0 Å². The first-order valence-corrected chi connectivity index (χ1v) is 8.87. The van der Waals surface area contributed by atoms with Gasteiger partial charge in [-0.25, -0.2) is 4.68 Å². The second-order valence-electron chi connectivity index (χ2n) is 7.85. The van der Waals surface area contributed by atoms with Crippen LogP contribution in [0.3, 0.4) is 0 Å². The van der Waals surface area contributed by atoms with Crippen molar-refractivity contribution in [3.05, 3.63) is 24.3 Å². The molecule has 1 aliphatic rings. The number of rotatable bonds is 6. The highest BCUT2D eigenvalue weighted by molar-refractivity contribution is 5.81. The molecule has 0 unspecified atom stereocenters. The number of nitrogens with one attached hydrogen (secondary N) is 1. The fourth-order valence-corrected chi connectivity index (χ4v) is 3.97. The van der Waals surface area contributed by atoms with Gasteiger partial charge in [0.1, 0.15) is 11.3 Å². The lowest BCUT2D eigenvalue weighted by Gasteiger charge is -2.51. The van der Waals surface area contributed by atoms with Crippen LogP contribution in [0.25, 0.3) is 11.0 Å². The van der Waals surface area contributed by atoms with Gasteiger partial charge in [-0.2, -0.15) is 0 Å². The summed E-state index contributed by atoms with van der Waals surface area (Å²) < 4.78 is 1.82. The number of carbonyl (C=O) groups is 2. The van der Waals surface area contributed by atoms with E-state index < -0.39 is 0 Å². The van der Waals surface area contributed by atoms with Crippen LogP contribution in [0.1, 0.15) is 40.5 Å². The van der Waals surface area contributed by atoms with Crippen LogP contribution >= 0.6 is 0 Å². The van der Waals surface area contributed by atoms with E-state index in [0.29, 0.717) is 13.0 Å². The SMILES string of the molecule is CC(=O)[C@@H]1C[C@H](CC(=O)N[C@H](C)Cn2nnc3ccccc32)C1(C)C. The van der Waals surface area contributed by atoms with Crippen molar-refractivity contribution in [1.82, 2.24) is 20.3 Å². The number of carbonyl (C=O) groups excluding carboxylic acids is 2. The number of nitrogens with zero attached hydrogens (tertiary/aromatic N) is 3. The third-order valence-electron chi connectivity index (χ3n) is 5.67. The molecule has 6 heteroatoms. The quantitative estimate of drug-likeness (QED) is 0.875. The lowest BCUT2D eigenvalue weighted by Crippen LogP contribution is -2.50. The molecule has 0 spiro atoms. The molecule has 0 aliphatic heterocycles. The van der Waals surface area contributed by atoms with E-state index in [1.807, 2.05) is 35.9 Å². The molecular formula is C19H26N4O2. The van der Waals surface area contributed by atoms with E-state index in [9.17, 15) is 9.59 Å². The van der Waals surface area contributed by atoms with Crippen LogP contribution in [0.5, 0.6) is 0 Å². The third-order valence-corrected chi connectivity index (χ3v) is 5.67. The predicted molar refractivity (Wildman–Crippen MR) is 95.8 cm³/mol. The number of ketones is 1. The van der Waals surface area contributed by atoms with Crippen molar-refractivity contribution in [2.24, 2.45) is 17.3 Å². The molecule has 2 aromatic rings. The molecule has 1 aliphatic carbocycles. The maximum atomic E-state index is 12.4. The van der Waals surface area contributed by atoms with Gasteiger partial charge in [0.2, 0.25) is 5.91 Å². The fourth-order valence-electron chi connectivity index (χ4n) is 3.97. The second-order valence-corrected chi connectivity index (χ2v) is 7.85. The zero-order chi connectivity index (χ0) is 18.2. The summed E-state index contributed by atoms with van der Waals surface area (Å²) in [6.07, 6.45) is 1.29. The third kappa shape index (κ3) is 3.43. The summed E-state index contributed by atoms with van der Waals surface area (Å²) in [7, 11) is 0. The van der Waals surface area contributed by atoms with Gasteiger partial charge in [-0.3, -0.25) is 9.59 Å². The Morgan fingerprint density at radius 3 is 2.76 bits per heavy atom. The molecule has 134 valence electrons. The van der Waals surface area contributed by atoms with Crippen molar-refractivity contribution in [3.8, 4) is 0 Å². The Kier molecular flexibility index (Phi) is 4.62. The van der Waals surface area contributed by atoms with Gasteiger partial charge in [0.25, 0.3) is 0 Å². The molecule has 25 heavy (non-hydrogen) atoms. The highest BCUT2D eigenvalue weighted by atomic mass is 16.1. The molecule has 0 bridgehead atoms. The van der Waals surface area contributed by atoms with Crippen LogP contribution in [-0.2, 0) is 16.1 Å². The van der Waals surface area contributed by atoms with Crippen LogP contribution in [0.15, 0.2) is 24.3 Å². The van der Waals surface area contributed by atoms with Crippen LogP contribution < -0.4 is 5.32 Å². The molecule has 3 atom stereocenters. The molecule has 1 aromatic carbocycles. The Morgan fingerprint density at radius 1 is 1.36 bits per heavy atom. The average molecular weight is 342 g/mol. The van der Waals surface area contributed by atoms with E-state index in [1.165, 1.54) is 0 Å². The molecule has 1 fully saturated rings. The highest BCUT2D eigenvalue weighted by Crippen LogP contribution is 2.53. The number of Topliss-reactive ketones (excluding diaryl/α,β-unsaturated/α-hetero) is 1. The molecule has 0 radical (unpaired) electrons. The van der Waals surface area contributed by atoms with Crippen LogP contribution in [0.2, 0.25) is 0 Å². The lowest BCUT2D eigenvalue weighted by molar-refractivity contribution is -0.141. The first kappa shape index (κ1) is 17.6. The molecule has 3 rings (SSSR count). The zero-order valence-electron chi connectivity index (χ0n) is 15.3. The number of para-hydroxylation sites is 1. The van der Waals surface area contributed by atoms with E-state index in [-0.39, 0.29) is 35.0 Å². The molecule has 1 amide bonds. The first-order chi connectivity index (χ1) is 11.8. The number of fused-ring (bicyclic) bond motifs is 1. The first-order valence-electron chi connectivity index (χ1n) is 8.87. The minimum atomic E-state index is -0.0888. The van der Waals surface area contributed by atoms with Crippen molar-refractivity contribution in [3.63, 3.8) is 0 Å². The topological polar surface area (TPSA) is 76.9 Å². The average Bonchev–Trinajstić information content (AvgIpc) is 2.93. The second kappa shape index (κ2) is 6.58. The van der Waals surface area contributed by atoms with Gasteiger partial charge in [0.05, 0.1) is 12.1 Å². The minimum absolute atomic E-state index is 0.0376. The molecule has 1 aromatic heterocycles. The Labute approximate surface area is 148 Å². The van der Waals surface area contributed by atoms with Gasteiger partial charge in [-0.15, -0.1) is 5.10 Å². The monoisotopic (exact) mass is 342 g/mol. The smallest absolute Gasteiger partial charge is 0.220 e. The van der Waals surface area contributed by atoms with E-state index in [0.717, 1.165) is 17.5 Å². The summed E-state index contributed by atoms with van der Waals surface area (Å²) in [6, 6.07) is 7.75. The summed E-state index contributed by atoms with van der Waals surface area (Å²) in [6.45, 7) is 8.37. The Morgan fingerprint density at radius 2 is 2.08 bits per heavy atom. The standard InChI is InChI=1S/C19H26N4O2/c1-12(11-23-17-8-6-5-7-16(17)21-22-23)20-18(25)10-14-9-15(13(2)24)19(14,3)4/h5-8,12,14-15H,9-11H2,1-4H3,(H,20,25)/t12-,14-,15+/m1/s1. The Hall–Kier alpha value is -2.24. The van der Waals surface area contributed by atoms with Crippen LogP contribution in [-0.4, -0.2) is 32.7 Å². The van der Waals surface area contributed by atoms with E-state index in [2.05, 4.69) is 29.5 Å². The largest absolute Gasteiger partial charge is 0.352 e. The minimum Gasteiger partial charge on any atom is -0.352 e. The summed E-state index contributed by atoms with van der Waals surface area (Å²) >= 11 is 0. The summed E-state index contributed by atoms with van der Waals surface area (Å²) in [5, 5.41) is 11.3. The summed E-state index contributed by atoms with van der Waals surface area (Å²) in [5.41, 5.74) is 1.73. The number of amides is 1. The Bertz CT molecular complexity index is 796. The van der Waals surface area contributed by atoms with Gasteiger partial charge in [0, 0.05) is 18.4 Å². The van der Waals surface area contributed by atoms with Gasteiger partial charge in [-0.1, -0.05) is 31.2 Å². The van der Waals surface area contributed by atoms with Crippen molar-refractivity contribution in [2.75, 3.05) is 0 Å². The highest BCUT2D eigenvalue weighted by Gasteiger charge is 2.50. The number of hydrogen-bond donors (Lipinski definition) is 1.